The van der Waals surface area contributed by atoms with E-state index in [2.05, 4.69) is 0 Å². The van der Waals surface area contributed by atoms with Crippen molar-refractivity contribution in [3.8, 4) is 0 Å². The molecule has 25 heavy (non-hydrogen) atoms. The zero-order chi connectivity index (χ0) is 17.0. The zero-order valence-electron chi connectivity index (χ0n) is 14.4. The van der Waals surface area contributed by atoms with E-state index in [1.165, 1.54) is 0 Å². The molecule has 130 valence electrons. The lowest BCUT2D eigenvalue weighted by Crippen LogP contribution is -2.61. The Bertz CT molecular complexity index is 694. The molecular weight excluding hydrogens is 312 g/mol. The van der Waals surface area contributed by atoms with Crippen molar-refractivity contribution < 1.29 is 14.6 Å². The van der Waals surface area contributed by atoms with Crippen molar-refractivity contribution in [2.24, 2.45) is 11.3 Å². The summed E-state index contributed by atoms with van der Waals surface area (Å²) in [4.78, 5) is 0. The maximum Gasteiger partial charge on any atom is 0.169 e. The minimum absolute atomic E-state index is 0.232. The first kappa shape index (κ1) is 15.6. The van der Waals surface area contributed by atoms with Gasteiger partial charge in [-0.2, -0.15) is 0 Å². The van der Waals surface area contributed by atoms with Crippen LogP contribution in [0.15, 0.2) is 60.7 Å². The maximum atomic E-state index is 11.8. The Morgan fingerprint density at radius 2 is 1.28 bits per heavy atom. The monoisotopic (exact) mass is 336 g/mol. The van der Waals surface area contributed by atoms with Crippen LogP contribution < -0.4 is 0 Å². The third-order valence-corrected chi connectivity index (χ3v) is 6.48. The van der Waals surface area contributed by atoms with E-state index in [0.29, 0.717) is 5.41 Å². The molecule has 0 atom stereocenters. The zero-order valence-corrected chi connectivity index (χ0v) is 14.4. The third-order valence-electron chi connectivity index (χ3n) is 6.48. The van der Waals surface area contributed by atoms with Crippen LogP contribution in [-0.4, -0.2) is 24.1 Å². The highest BCUT2D eigenvalue weighted by Gasteiger charge is 2.66. The van der Waals surface area contributed by atoms with Gasteiger partial charge >= 0.3 is 0 Å². The van der Waals surface area contributed by atoms with E-state index < -0.39 is 5.60 Å². The van der Waals surface area contributed by atoms with Crippen LogP contribution in [0.25, 0.3) is 0 Å². The van der Waals surface area contributed by atoms with Gasteiger partial charge in [0, 0.05) is 12.8 Å². The topological polar surface area (TPSA) is 38.7 Å². The molecule has 3 fully saturated rings. The molecule has 1 aliphatic heterocycles. The van der Waals surface area contributed by atoms with Gasteiger partial charge < -0.3 is 14.6 Å². The summed E-state index contributed by atoms with van der Waals surface area (Å²) in [5, 5.41) is 11.8. The predicted molar refractivity (Wildman–Crippen MR) is 94.9 cm³/mol. The molecule has 2 aliphatic carbocycles. The number of hydrogen-bond acceptors (Lipinski definition) is 3. The van der Waals surface area contributed by atoms with Gasteiger partial charge in [0.15, 0.2) is 5.79 Å². The van der Waals surface area contributed by atoms with Gasteiger partial charge in [-0.3, -0.25) is 0 Å². The molecule has 1 saturated heterocycles. The van der Waals surface area contributed by atoms with Crippen molar-refractivity contribution in [3.05, 3.63) is 71.8 Å². The standard InChI is InChI=1S/C22H24O3/c23-22(17-7-3-1-4-8-17,18-9-5-2-6-10-18)19-13-20(14-19)15-21(16-20)24-11-12-25-21/h1-10,19,23H,11-16H2. The Kier molecular flexibility index (Phi) is 3.37. The van der Waals surface area contributed by atoms with E-state index in [0.717, 1.165) is 50.0 Å². The van der Waals surface area contributed by atoms with Crippen molar-refractivity contribution in [1.82, 2.24) is 0 Å². The smallest absolute Gasteiger partial charge is 0.169 e. The van der Waals surface area contributed by atoms with Gasteiger partial charge in [-0.1, -0.05) is 60.7 Å². The van der Waals surface area contributed by atoms with Crippen LogP contribution in [0.5, 0.6) is 0 Å². The predicted octanol–water partition coefficient (Wildman–Crippen LogP) is 3.86. The molecule has 0 amide bonds. The second kappa shape index (κ2) is 5.41. The summed E-state index contributed by atoms with van der Waals surface area (Å²) in [6.07, 6.45) is 4.02. The number of aliphatic hydroxyl groups is 1. The molecule has 5 rings (SSSR count). The van der Waals surface area contributed by atoms with E-state index in [1.54, 1.807) is 0 Å². The van der Waals surface area contributed by atoms with Crippen LogP contribution in [0.1, 0.15) is 36.8 Å². The summed E-state index contributed by atoms with van der Waals surface area (Å²) in [7, 11) is 0. The van der Waals surface area contributed by atoms with Crippen LogP contribution >= 0.6 is 0 Å². The first-order valence-corrected chi connectivity index (χ1v) is 9.26. The van der Waals surface area contributed by atoms with Crippen LogP contribution in [-0.2, 0) is 15.1 Å². The Morgan fingerprint density at radius 1 is 0.800 bits per heavy atom. The number of rotatable bonds is 3. The van der Waals surface area contributed by atoms with Gasteiger partial charge in [0.05, 0.1) is 13.2 Å². The van der Waals surface area contributed by atoms with Gasteiger partial charge in [0.1, 0.15) is 5.60 Å². The number of benzene rings is 2. The molecule has 3 nitrogen and oxygen atoms in total. The number of ether oxygens (including phenoxy) is 2. The maximum absolute atomic E-state index is 11.8. The largest absolute Gasteiger partial charge is 0.380 e. The SMILES string of the molecule is OC(c1ccccc1)(c1ccccc1)C1CC2(C1)CC1(C2)OCCO1. The molecule has 0 aromatic heterocycles. The summed E-state index contributed by atoms with van der Waals surface area (Å²) in [6, 6.07) is 20.2. The normalized spacial score (nSPS) is 24.2. The molecule has 3 aliphatic rings. The highest BCUT2D eigenvalue weighted by atomic mass is 16.7. The van der Waals surface area contributed by atoms with E-state index in [9.17, 15) is 5.11 Å². The minimum atomic E-state index is -0.923. The first-order valence-electron chi connectivity index (χ1n) is 9.26. The Hall–Kier alpha value is -1.68. The Morgan fingerprint density at radius 3 is 1.76 bits per heavy atom. The lowest BCUT2D eigenvalue weighted by molar-refractivity contribution is -0.297. The summed E-state index contributed by atoms with van der Waals surface area (Å²) in [5.74, 6) is -0.0705. The molecule has 2 saturated carbocycles. The van der Waals surface area contributed by atoms with E-state index in [4.69, 9.17) is 9.47 Å². The fraction of sp³-hybridized carbons (Fsp3) is 0.455. The Labute approximate surface area is 148 Å². The summed E-state index contributed by atoms with van der Waals surface area (Å²) >= 11 is 0. The lowest BCUT2D eigenvalue weighted by atomic mass is 9.45. The fourth-order valence-corrected chi connectivity index (χ4v) is 5.38. The van der Waals surface area contributed by atoms with Gasteiger partial charge in [0.25, 0.3) is 0 Å². The van der Waals surface area contributed by atoms with Gasteiger partial charge in [-0.15, -0.1) is 0 Å². The van der Waals surface area contributed by atoms with Gasteiger partial charge in [-0.05, 0) is 35.3 Å². The molecule has 0 bridgehead atoms. The highest BCUT2D eigenvalue weighted by Crippen LogP contribution is 2.68. The summed E-state index contributed by atoms with van der Waals surface area (Å²) in [5.41, 5.74) is 1.35. The third kappa shape index (κ3) is 2.30. The molecule has 1 heterocycles. The Balaban J connectivity index is 1.41. The summed E-state index contributed by atoms with van der Waals surface area (Å²) < 4.78 is 11.6. The van der Waals surface area contributed by atoms with E-state index in [1.807, 2.05) is 60.7 Å². The number of hydrogen-bond donors (Lipinski definition) is 1. The molecule has 0 unspecified atom stereocenters. The fourth-order valence-electron chi connectivity index (χ4n) is 5.38. The van der Waals surface area contributed by atoms with Crippen molar-refractivity contribution in [1.29, 1.82) is 0 Å². The van der Waals surface area contributed by atoms with Crippen molar-refractivity contribution in [2.75, 3.05) is 13.2 Å². The van der Waals surface area contributed by atoms with Crippen LogP contribution in [0.2, 0.25) is 0 Å². The average molecular weight is 336 g/mol. The second-order valence-electron chi connectivity index (χ2n) is 8.06. The molecule has 1 N–H and O–H groups in total. The van der Waals surface area contributed by atoms with Crippen molar-refractivity contribution >= 4 is 0 Å². The van der Waals surface area contributed by atoms with Crippen LogP contribution in [0, 0.1) is 11.3 Å². The van der Waals surface area contributed by atoms with Crippen LogP contribution in [0.4, 0.5) is 0 Å². The quantitative estimate of drug-likeness (QED) is 0.925. The highest BCUT2D eigenvalue weighted by molar-refractivity contribution is 5.38. The molecule has 3 heteroatoms. The molecule has 2 aromatic rings. The van der Waals surface area contributed by atoms with Gasteiger partial charge in [-0.25, -0.2) is 0 Å². The minimum Gasteiger partial charge on any atom is -0.380 e. The lowest BCUT2D eigenvalue weighted by Gasteiger charge is -2.63. The van der Waals surface area contributed by atoms with Crippen LogP contribution in [0.3, 0.4) is 0 Å². The first-order chi connectivity index (χ1) is 12.1. The summed E-state index contributed by atoms with van der Waals surface area (Å²) in [6.45, 7) is 1.44. The van der Waals surface area contributed by atoms with Gasteiger partial charge in [0.2, 0.25) is 0 Å². The van der Waals surface area contributed by atoms with Crippen molar-refractivity contribution in [2.45, 2.75) is 37.1 Å². The van der Waals surface area contributed by atoms with E-state index in [-0.39, 0.29) is 11.7 Å². The average Bonchev–Trinajstić information content (AvgIpc) is 3.09. The van der Waals surface area contributed by atoms with E-state index >= 15 is 0 Å². The molecule has 2 aromatic carbocycles. The molecular formula is C22H24O3. The van der Waals surface area contributed by atoms with Crippen molar-refractivity contribution in [3.63, 3.8) is 0 Å². The molecule has 0 radical (unpaired) electrons. The second-order valence-corrected chi connectivity index (χ2v) is 8.06. The molecule has 2 spiro atoms.